The highest BCUT2D eigenvalue weighted by Crippen LogP contribution is 2.31. The molecule has 1 aliphatic rings. The summed E-state index contributed by atoms with van der Waals surface area (Å²) in [6, 6.07) is 3.42. The number of imidazole rings is 1. The summed E-state index contributed by atoms with van der Waals surface area (Å²) in [4.78, 5) is 20.4. The number of H-pyrrole nitrogens is 1. The second-order valence-electron chi connectivity index (χ2n) is 6.77. The Morgan fingerprint density at radius 3 is 2.71 bits per heavy atom. The minimum absolute atomic E-state index is 0.215. The third-order valence-electron chi connectivity index (χ3n) is 4.89. The summed E-state index contributed by atoms with van der Waals surface area (Å²) in [6.45, 7) is 4.00. The van der Waals surface area contributed by atoms with Crippen LogP contribution in [0.5, 0.6) is 0 Å². The lowest BCUT2D eigenvalue weighted by Crippen LogP contribution is -2.33. The monoisotopic (exact) mass is 382 g/mol. The van der Waals surface area contributed by atoms with Gasteiger partial charge in [-0.2, -0.15) is 0 Å². The zero-order valence-electron chi connectivity index (χ0n) is 15.6. The normalized spacial score (nSPS) is 17.9. The van der Waals surface area contributed by atoms with Gasteiger partial charge < -0.3 is 10.3 Å². The summed E-state index contributed by atoms with van der Waals surface area (Å²) >= 11 is 0. The third kappa shape index (κ3) is 3.49. The van der Waals surface area contributed by atoms with Crippen molar-refractivity contribution in [3.8, 4) is 0 Å². The zero-order valence-corrected chi connectivity index (χ0v) is 15.6. The number of aromatic nitrogens is 4. The molecule has 2 unspecified atom stereocenters. The largest absolute Gasteiger partial charge is 0.360 e. The van der Waals surface area contributed by atoms with Gasteiger partial charge in [-0.1, -0.05) is 13.0 Å². The first-order valence-electron chi connectivity index (χ1n) is 9.19. The molecule has 0 bridgehead atoms. The molecule has 0 saturated carbocycles. The van der Waals surface area contributed by atoms with E-state index in [4.69, 9.17) is 4.99 Å². The highest BCUT2D eigenvalue weighted by atomic mass is 19.1. The molecule has 0 spiro atoms. The molecule has 2 N–H and O–H groups in total. The predicted molar refractivity (Wildman–Crippen MR) is 104 cm³/mol. The average Bonchev–Trinajstić information content (AvgIpc) is 3.16. The van der Waals surface area contributed by atoms with Crippen molar-refractivity contribution in [3.05, 3.63) is 59.8 Å². The Bertz CT molecular complexity index is 1050. The maximum absolute atomic E-state index is 13.8. The van der Waals surface area contributed by atoms with Crippen LogP contribution in [0.15, 0.2) is 47.6 Å². The molecule has 2 aromatic heterocycles. The van der Waals surface area contributed by atoms with Gasteiger partial charge in [-0.05, 0) is 37.5 Å². The van der Waals surface area contributed by atoms with Crippen molar-refractivity contribution < 1.29 is 8.78 Å². The fourth-order valence-electron chi connectivity index (χ4n) is 3.52. The number of fused-ring (bicyclic) bond motifs is 1. The number of aromatic amines is 1. The number of nitrogens with one attached hydrogen (secondary N) is 2. The lowest BCUT2D eigenvalue weighted by atomic mass is 9.85. The van der Waals surface area contributed by atoms with Crippen molar-refractivity contribution in [1.29, 1.82) is 0 Å². The van der Waals surface area contributed by atoms with Gasteiger partial charge in [0.1, 0.15) is 23.5 Å². The van der Waals surface area contributed by atoms with Gasteiger partial charge in [0, 0.05) is 23.4 Å². The van der Waals surface area contributed by atoms with Gasteiger partial charge in [0.25, 0.3) is 0 Å². The summed E-state index contributed by atoms with van der Waals surface area (Å²) in [7, 11) is 0. The van der Waals surface area contributed by atoms with Gasteiger partial charge in [0.2, 0.25) is 0 Å². The Balaban J connectivity index is 1.69. The number of nitrogens with zero attached hydrogens (tertiary/aromatic N) is 4. The lowest BCUT2D eigenvalue weighted by molar-refractivity contribution is 0.577. The van der Waals surface area contributed by atoms with E-state index in [1.165, 1.54) is 18.5 Å². The first-order chi connectivity index (χ1) is 13.5. The zero-order chi connectivity index (χ0) is 19.7. The van der Waals surface area contributed by atoms with Crippen molar-refractivity contribution >= 4 is 22.7 Å². The van der Waals surface area contributed by atoms with Crippen LogP contribution in [0.2, 0.25) is 0 Å². The molecule has 28 heavy (non-hydrogen) atoms. The van der Waals surface area contributed by atoms with Gasteiger partial charge in [-0.15, -0.1) is 0 Å². The number of hydrogen-bond acceptors (Lipinski definition) is 5. The predicted octanol–water partition coefficient (Wildman–Crippen LogP) is 4.35. The van der Waals surface area contributed by atoms with Crippen LogP contribution in [0, 0.1) is 11.6 Å². The van der Waals surface area contributed by atoms with Crippen LogP contribution in [0.25, 0.3) is 11.2 Å². The van der Waals surface area contributed by atoms with Crippen molar-refractivity contribution in [1.82, 2.24) is 19.9 Å². The molecule has 1 aliphatic heterocycles. The molecule has 4 rings (SSSR count). The summed E-state index contributed by atoms with van der Waals surface area (Å²) < 4.78 is 27.6. The topological polar surface area (TPSA) is 78.9 Å². The van der Waals surface area contributed by atoms with E-state index < -0.39 is 11.6 Å². The van der Waals surface area contributed by atoms with E-state index in [1.807, 2.05) is 19.9 Å². The summed E-state index contributed by atoms with van der Waals surface area (Å²) in [5, 5.41) is 3.35. The summed E-state index contributed by atoms with van der Waals surface area (Å²) in [5.41, 5.74) is 3.62. The van der Waals surface area contributed by atoms with Crippen molar-refractivity contribution in [2.24, 2.45) is 4.99 Å². The van der Waals surface area contributed by atoms with E-state index in [2.05, 4.69) is 25.3 Å². The average molecular weight is 382 g/mol. The highest BCUT2D eigenvalue weighted by Gasteiger charge is 2.27. The summed E-state index contributed by atoms with van der Waals surface area (Å²) in [6.07, 6.45) is 6.46. The first-order valence-corrected chi connectivity index (χ1v) is 9.19. The Hall–Kier alpha value is -3.16. The van der Waals surface area contributed by atoms with Crippen molar-refractivity contribution in [2.45, 2.75) is 38.6 Å². The van der Waals surface area contributed by atoms with Crippen LogP contribution in [0.4, 0.5) is 14.6 Å². The molecule has 0 radical (unpaired) electrons. The number of rotatable bonds is 5. The van der Waals surface area contributed by atoms with E-state index in [0.717, 1.165) is 23.9 Å². The smallest absolute Gasteiger partial charge is 0.182 e. The molecule has 6 nitrogen and oxygen atoms in total. The third-order valence-corrected chi connectivity index (χ3v) is 4.89. The van der Waals surface area contributed by atoms with Gasteiger partial charge in [0.05, 0.1) is 12.4 Å². The molecule has 3 heterocycles. The van der Waals surface area contributed by atoms with E-state index in [-0.39, 0.29) is 12.0 Å². The molecular formula is C20H20F2N6. The van der Waals surface area contributed by atoms with Crippen LogP contribution < -0.4 is 5.32 Å². The fraction of sp³-hybridized carbons (Fsp3) is 0.300. The Kier molecular flexibility index (Phi) is 4.85. The second kappa shape index (κ2) is 7.46. The maximum Gasteiger partial charge on any atom is 0.182 e. The second-order valence-corrected chi connectivity index (χ2v) is 6.77. The quantitative estimate of drug-likeness (QED) is 0.687. The van der Waals surface area contributed by atoms with Crippen LogP contribution in [0.1, 0.15) is 38.2 Å². The molecular weight excluding hydrogens is 362 g/mol. The molecule has 0 saturated heterocycles. The van der Waals surface area contributed by atoms with Crippen LogP contribution >= 0.6 is 0 Å². The standard InChI is InChI=1S/C20H20F2N6/c1-3-15-4-5-16(12-6-13(21)8-14(22)7-12)17(28-15)11(2)27-20-18-19(24-9-23-18)25-10-26-20/h4,6-11,16H,3,5H2,1-2H3,(H2,23,24,25,26,27). The van der Waals surface area contributed by atoms with Crippen LogP contribution in [0.3, 0.4) is 0 Å². The van der Waals surface area contributed by atoms with E-state index in [9.17, 15) is 8.78 Å². The Morgan fingerprint density at radius 2 is 1.96 bits per heavy atom. The summed E-state index contributed by atoms with van der Waals surface area (Å²) in [5.74, 6) is -0.790. The Morgan fingerprint density at radius 1 is 1.18 bits per heavy atom. The lowest BCUT2D eigenvalue weighted by Gasteiger charge is -2.28. The Labute approximate surface area is 160 Å². The molecule has 0 amide bonds. The van der Waals surface area contributed by atoms with Gasteiger partial charge in [0.15, 0.2) is 11.5 Å². The van der Waals surface area contributed by atoms with E-state index >= 15 is 0 Å². The number of halogens is 2. The minimum Gasteiger partial charge on any atom is -0.360 e. The molecule has 8 heteroatoms. The molecule has 2 atom stereocenters. The molecule has 3 aromatic rings. The first kappa shape index (κ1) is 18.2. The van der Waals surface area contributed by atoms with Gasteiger partial charge in [-0.25, -0.2) is 23.7 Å². The molecule has 0 fully saturated rings. The number of allylic oxidation sites excluding steroid dienone is 2. The van der Waals surface area contributed by atoms with Crippen molar-refractivity contribution in [2.75, 3.05) is 5.32 Å². The molecule has 1 aromatic carbocycles. The van der Waals surface area contributed by atoms with E-state index in [0.29, 0.717) is 29.0 Å². The molecule has 144 valence electrons. The number of hydrogen-bond donors (Lipinski definition) is 2. The minimum atomic E-state index is -0.588. The van der Waals surface area contributed by atoms with E-state index in [1.54, 1.807) is 6.33 Å². The molecule has 0 aliphatic carbocycles. The number of aliphatic imine (C=N–C) groups is 1. The maximum atomic E-state index is 13.8. The van der Waals surface area contributed by atoms with Crippen LogP contribution in [-0.2, 0) is 0 Å². The fourth-order valence-corrected chi connectivity index (χ4v) is 3.52. The van der Waals surface area contributed by atoms with Gasteiger partial charge in [-0.3, -0.25) is 4.99 Å². The van der Waals surface area contributed by atoms with Crippen LogP contribution in [-0.4, -0.2) is 31.7 Å². The SMILES string of the molecule is CCC1=CCC(c2cc(F)cc(F)c2)C(C(C)Nc2ncnc3nc[nH]c23)=N1. The highest BCUT2D eigenvalue weighted by molar-refractivity contribution is 5.99. The number of anilines is 1. The number of benzene rings is 1. The van der Waals surface area contributed by atoms with Gasteiger partial charge >= 0.3 is 0 Å². The van der Waals surface area contributed by atoms with Crippen molar-refractivity contribution in [3.63, 3.8) is 0 Å².